The molecule has 2 aromatic rings. The molecule has 0 aromatic heterocycles. The number of phenolic OH excluding ortho intramolecular Hbond substituents is 1. The highest BCUT2D eigenvalue weighted by molar-refractivity contribution is 6.32. The molecule has 0 heterocycles. The maximum Gasteiger partial charge on any atom is 0.277 e. The summed E-state index contributed by atoms with van der Waals surface area (Å²) in [6.07, 6.45) is 1.45. The zero-order chi connectivity index (χ0) is 19.1. The zero-order valence-electron chi connectivity index (χ0n) is 14.9. The number of hydrazone groups is 1. The van der Waals surface area contributed by atoms with Crippen molar-refractivity contribution in [1.29, 1.82) is 0 Å². The molecule has 138 valence electrons. The van der Waals surface area contributed by atoms with Gasteiger partial charge in [0.25, 0.3) is 5.91 Å². The highest BCUT2D eigenvalue weighted by Crippen LogP contribution is 2.26. The van der Waals surface area contributed by atoms with Gasteiger partial charge >= 0.3 is 0 Å². The lowest BCUT2D eigenvalue weighted by Crippen LogP contribution is -2.24. The van der Waals surface area contributed by atoms with E-state index in [2.05, 4.69) is 10.5 Å². The first kappa shape index (κ1) is 19.6. The molecule has 0 unspecified atom stereocenters. The van der Waals surface area contributed by atoms with Crippen molar-refractivity contribution in [2.75, 3.05) is 13.2 Å². The fourth-order valence-electron chi connectivity index (χ4n) is 2.23. The molecule has 6 nitrogen and oxygen atoms in total. The number of aromatic hydroxyl groups is 1. The number of halogens is 1. The van der Waals surface area contributed by atoms with Gasteiger partial charge in [-0.2, -0.15) is 5.10 Å². The Bertz CT molecular complexity index is 798. The SMILES string of the molecule is CCOc1cc(C=NNC(=O)COc2cc(C)c(Cl)c(C)c2)ccc1O. The molecular formula is C19H21ClN2O4. The summed E-state index contributed by atoms with van der Waals surface area (Å²) in [5, 5.41) is 14.2. The van der Waals surface area contributed by atoms with Crippen LogP contribution in [0.4, 0.5) is 0 Å². The van der Waals surface area contributed by atoms with E-state index in [-0.39, 0.29) is 12.4 Å². The molecule has 0 spiro atoms. The molecule has 2 aromatic carbocycles. The molecule has 0 saturated carbocycles. The van der Waals surface area contributed by atoms with Gasteiger partial charge in [0, 0.05) is 5.02 Å². The molecule has 7 heteroatoms. The lowest BCUT2D eigenvalue weighted by Gasteiger charge is -2.09. The molecule has 0 fully saturated rings. The number of carbonyl (C=O) groups excluding carboxylic acids is 1. The van der Waals surface area contributed by atoms with E-state index < -0.39 is 5.91 Å². The van der Waals surface area contributed by atoms with Gasteiger partial charge in [0.2, 0.25) is 0 Å². The molecule has 0 aliphatic rings. The van der Waals surface area contributed by atoms with Gasteiger partial charge in [0.15, 0.2) is 18.1 Å². The fraction of sp³-hybridized carbons (Fsp3) is 0.263. The number of carbonyl (C=O) groups is 1. The van der Waals surface area contributed by atoms with Crippen molar-refractivity contribution in [3.05, 3.63) is 52.0 Å². The van der Waals surface area contributed by atoms with Gasteiger partial charge < -0.3 is 14.6 Å². The lowest BCUT2D eigenvalue weighted by atomic mass is 10.1. The maximum absolute atomic E-state index is 11.8. The van der Waals surface area contributed by atoms with Gasteiger partial charge in [-0.3, -0.25) is 4.79 Å². The van der Waals surface area contributed by atoms with Crippen LogP contribution in [0.3, 0.4) is 0 Å². The van der Waals surface area contributed by atoms with Gasteiger partial charge in [-0.05, 0) is 67.8 Å². The van der Waals surface area contributed by atoms with Gasteiger partial charge in [-0.15, -0.1) is 0 Å². The summed E-state index contributed by atoms with van der Waals surface area (Å²) in [6, 6.07) is 8.34. The van der Waals surface area contributed by atoms with E-state index in [4.69, 9.17) is 21.1 Å². The summed E-state index contributed by atoms with van der Waals surface area (Å²) in [6.45, 7) is 5.84. The van der Waals surface area contributed by atoms with Crippen LogP contribution in [0.5, 0.6) is 17.2 Å². The molecule has 26 heavy (non-hydrogen) atoms. The molecule has 0 bridgehead atoms. The number of phenols is 1. The molecular weight excluding hydrogens is 356 g/mol. The van der Waals surface area contributed by atoms with E-state index in [1.54, 1.807) is 24.3 Å². The molecule has 0 aliphatic carbocycles. The van der Waals surface area contributed by atoms with E-state index in [1.807, 2.05) is 20.8 Å². The second-order valence-electron chi connectivity index (χ2n) is 5.61. The van der Waals surface area contributed by atoms with Crippen LogP contribution in [0.15, 0.2) is 35.4 Å². The number of nitrogens with one attached hydrogen (secondary N) is 1. The van der Waals surface area contributed by atoms with Crippen LogP contribution in [0.1, 0.15) is 23.6 Å². The Hall–Kier alpha value is -2.73. The number of rotatable bonds is 7. The van der Waals surface area contributed by atoms with Crippen molar-refractivity contribution in [2.45, 2.75) is 20.8 Å². The topological polar surface area (TPSA) is 80.2 Å². The van der Waals surface area contributed by atoms with E-state index in [1.165, 1.54) is 12.3 Å². The Balaban J connectivity index is 1.89. The Morgan fingerprint density at radius 1 is 1.23 bits per heavy atom. The molecule has 1 amide bonds. The third-order valence-electron chi connectivity index (χ3n) is 3.47. The van der Waals surface area contributed by atoms with Crippen molar-refractivity contribution < 1.29 is 19.4 Å². The standard InChI is InChI=1S/C19H21ClN2O4/c1-4-25-17-9-14(5-6-16(17)23)10-21-22-18(24)11-26-15-7-12(2)19(20)13(3)8-15/h5-10,23H,4,11H2,1-3H3,(H,22,24). The Kier molecular flexibility index (Phi) is 6.86. The highest BCUT2D eigenvalue weighted by atomic mass is 35.5. The first-order valence-corrected chi connectivity index (χ1v) is 8.45. The molecule has 2 N–H and O–H groups in total. The molecule has 0 aliphatic heterocycles. The van der Waals surface area contributed by atoms with Crippen molar-refractivity contribution in [2.24, 2.45) is 5.10 Å². The summed E-state index contributed by atoms with van der Waals surface area (Å²) in [5.74, 6) is 0.591. The van der Waals surface area contributed by atoms with Crippen LogP contribution in [0.25, 0.3) is 0 Å². The minimum absolute atomic E-state index is 0.0509. The smallest absolute Gasteiger partial charge is 0.277 e. The van der Waals surface area contributed by atoms with Crippen LogP contribution in [-0.2, 0) is 4.79 Å². The van der Waals surface area contributed by atoms with Crippen molar-refractivity contribution in [1.82, 2.24) is 5.43 Å². The second-order valence-corrected chi connectivity index (χ2v) is 5.99. The number of aryl methyl sites for hydroxylation is 2. The van der Waals surface area contributed by atoms with E-state index in [0.717, 1.165) is 11.1 Å². The van der Waals surface area contributed by atoms with Crippen LogP contribution in [0, 0.1) is 13.8 Å². The predicted octanol–water partition coefficient (Wildman–Crippen LogP) is 3.59. The predicted molar refractivity (Wildman–Crippen MR) is 101 cm³/mol. The van der Waals surface area contributed by atoms with Gasteiger partial charge in [0.05, 0.1) is 12.8 Å². The minimum Gasteiger partial charge on any atom is -0.504 e. The average molecular weight is 377 g/mol. The molecule has 0 radical (unpaired) electrons. The number of benzene rings is 2. The van der Waals surface area contributed by atoms with Crippen LogP contribution in [-0.4, -0.2) is 30.4 Å². The van der Waals surface area contributed by atoms with Crippen LogP contribution in [0.2, 0.25) is 5.02 Å². The number of hydrogen-bond donors (Lipinski definition) is 2. The lowest BCUT2D eigenvalue weighted by molar-refractivity contribution is -0.123. The number of amides is 1. The number of nitrogens with zero attached hydrogens (tertiary/aromatic N) is 1. The monoisotopic (exact) mass is 376 g/mol. The number of ether oxygens (including phenoxy) is 2. The first-order valence-electron chi connectivity index (χ1n) is 8.08. The number of hydrogen-bond acceptors (Lipinski definition) is 5. The quantitative estimate of drug-likeness (QED) is 0.571. The maximum atomic E-state index is 11.8. The zero-order valence-corrected chi connectivity index (χ0v) is 15.6. The molecule has 0 saturated heterocycles. The Labute approximate surface area is 157 Å². The van der Waals surface area contributed by atoms with Crippen molar-refractivity contribution in [3.8, 4) is 17.2 Å². The summed E-state index contributed by atoms with van der Waals surface area (Å²) in [7, 11) is 0. The summed E-state index contributed by atoms with van der Waals surface area (Å²) < 4.78 is 10.7. The van der Waals surface area contributed by atoms with Crippen LogP contribution >= 0.6 is 11.6 Å². The summed E-state index contributed by atoms with van der Waals surface area (Å²) in [4.78, 5) is 11.8. The fourth-order valence-corrected chi connectivity index (χ4v) is 2.34. The minimum atomic E-state index is -0.393. The van der Waals surface area contributed by atoms with E-state index in [9.17, 15) is 9.90 Å². The average Bonchev–Trinajstić information content (AvgIpc) is 2.60. The van der Waals surface area contributed by atoms with Gasteiger partial charge in [0.1, 0.15) is 5.75 Å². The van der Waals surface area contributed by atoms with Gasteiger partial charge in [-0.25, -0.2) is 5.43 Å². The largest absolute Gasteiger partial charge is 0.504 e. The van der Waals surface area contributed by atoms with Crippen LogP contribution < -0.4 is 14.9 Å². The first-order chi connectivity index (χ1) is 12.4. The second kappa shape index (κ2) is 9.10. The van der Waals surface area contributed by atoms with E-state index in [0.29, 0.717) is 28.7 Å². The Morgan fingerprint density at radius 3 is 2.58 bits per heavy atom. The van der Waals surface area contributed by atoms with E-state index >= 15 is 0 Å². The normalized spacial score (nSPS) is 10.8. The molecule has 2 rings (SSSR count). The van der Waals surface area contributed by atoms with Crippen molar-refractivity contribution >= 4 is 23.7 Å². The third-order valence-corrected chi connectivity index (χ3v) is 4.06. The van der Waals surface area contributed by atoms with Gasteiger partial charge in [-0.1, -0.05) is 11.6 Å². The summed E-state index contributed by atoms with van der Waals surface area (Å²) in [5.41, 5.74) is 4.83. The highest BCUT2D eigenvalue weighted by Gasteiger charge is 2.06. The Morgan fingerprint density at radius 2 is 1.92 bits per heavy atom. The summed E-state index contributed by atoms with van der Waals surface area (Å²) >= 11 is 6.10. The molecule has 0 atom stereocenters. The van der Waals surface area contributed by atoms with Crippen molar-refractivity contribution in [3.63, 3.8) is 0 Å². The third kappa shape index (κ3) is 5.39.